The average Bonchev–Trinajstić information content (AvgIpc) is 2.90. The second-order valence-electron chi connectivity index (χ2n) is 5.66. The van der Waals surface area contributed by atoms with Crippen LogP contribution >= 0.6 is 0 Å². The molecule has 0 radical (unpaired) electrons. The molecule has 21 heavy (non-hydrogen) atoms. The molecule has 2 amide bonds. The molecule has 1 unspecified atom stereocenters. The molecule has 108 valence electrons. The summed E-state index contributed by atoms with van der Waals surface area (Å²) in [4.78, 5) is 14.2. The Bertz CT molecular complexity index is 666. The number of anilines is 1. The topological polar surface area (TPSA) is 32.3 Å². The van der Waals surface area contributed by atoms with Crippen LogP contribution in [0.25, 0.3) is 0 Å². The van der Waals surface area contributed by atoms with E-state index in [2.05, 4.69) is 23.5 Å². The number of carbonyl (C=O) groups excluding carboxylic acids is 1. The minimum absolute atomic E-state index is 0.0534. The number of carbonyl (C=O) groups is 1. The van der Waals surface area contributed by atoms with Crippen molar-refractivity contribution in [1.29, 1.82) is 0 Å². The lowest BCUT2D eigenvalue weighted by Gasteiger charge is -2.25. The van der Waals surface area contributed by atoms with Crippen molar-refractivity contribution in [3.8, 4) is 0 Å². The van der Waals surface area contributed by atoms with E-state index in [1.54, 1.807) is 0 Å². The minimum Gasteiger partial charge on any atom is -0.321 e. The fraction of sp³-hybridized carbons (Fsp3) is 0.278. The number of rotatable bonds is 2. The van der Waals surface area contributed by atoms with E-state index in [0.717, 1.165) is 24.1 Å². The van der Waals surface area contributed by atoms with Gasteiger partial charge in [0.2, 0.25) is 0 Å². The molecule has 2 aromatic rings. The highest BCUT2D eigenvalue weighted by Gasteiger charge is 2.28. The SMILES string of the molecule is Cc1cccc(NC(=O)N(C)C2CCc3ccccc32)c1. The highest BCUT2D eigenvalue weighted by molar-refractivity contribution is 5.89. The number of aryl methyl sites for hydroxylation is 2. The molecule has 3 rings (SSSR count). The summed E-state index contributed by atoms with van der Waals surface area (Å²) in [6.45, 7) is 2.02. The number of hydrogen-bond acceptors (Lipinski definition) is 1. The summed E-state index contributed by atoms with van der Waals surface area (Å²) < 4.78 is 0. The quantitative estimate of drug-likeness (QED) is 0.880. The van der Waals surface area contributed by atoms with E-state index in [9.17, 15) is 4.79 Å². The molecule has 0 saturated carbocycles. The molecule has 0 fully saturated rings. The Hall–Kier alpha value is -2.29. The molecular weight excluding hydrogens is 260 g/mol. The highest BCUT2D eigenvalue weighted by atomic mass is 16.2. The van der Waals surface area contributed by atoms with E-state index in [4.69, 9.17) is 0 Å². The van der Waals surface area contributed by atoms with Gasteiger partial charge in [-0.1, -0.05) is 36.4 Å². The van der Waals surface area contributed by atoms with Crippen molar-refractivity contribution in [1.82, 2.24) is 4.90 Å². The van der Waals surface area contributed by atoms with Crippen molar-refractivity contribution in [2.24, 2.45) is 0 Å². The fourth-order valence-corrected chi connectivity index (χ4v) is 3.01. The predicted octanol–water partition coefficient (Wildman–Crippen LogP) is 4.15. The number of nitrogens with zero attached hydrogens (tertiary/aromatic N) is 1. The number of hydrogen-bond donors (Lipinski definition) is 1. The second-order valence-corrected chi connectivity index (χ2v) is 5.66. The molecule has 0 aromatic heterocycles. The molecule has 1 aliphatic rings. The van der Waals surface area contributed by atoms with Crippen molar-refractivity contribution in [3.63, 3.8) is 0 Å². The Balaban J connectivity index is 1.74. The van der Waals surface area contributed by atoms with Crippen molar-refractivity contribution < 1.29 is 4.79 Å². The van der Waals surface area contributed by atoms with Crippen LogP contribution in [0.15, 0.2) is 48.5 Å². The third kappa shape index (κ3) is 2.77. The zero-order valence-electron chi connectivity index (χ0n) is 12.5. The Kier molecular flexibility index (Phi) is 3.65. The maximum absolute atomic E-state index is 12.4. The normalized spacial score (nSPS) is 16.4. The van der Waals surface area contributed by atoms with Gasteiger partial charge in [0.1, 0.15) is 0 Å². The minimum atomic E-state index is -0.0534. The first-order chi connectivity index (χ1) is 10.1. The molecule has 0 bridgehead atoms. The van der Waals surface area contributed by atoms with Crippen LogP contribution in [0.5, 0.6) is 0 Å². The third-order valence-corrected chi connectivity index (χ3v) is 4.16. The van der Waals surface area contributed by atoms with Crippen LogP contribution in [0.4, 0.5) is 10.5 Å². The first kappa shape index (κ1) is 13.7. The largest absolute Gasteiger partial charge is 0.322 e. The van der Waals surface area contributed by atoms with Gasteiger partial charge < -0.3 is 10.2 Å². The van der Waals surface area contributed by atoms with Gasteiger partial charge in [-0.3, -0.25) is 0 Å². The zero-order valence-corrected chi connectivity index (χ0v) is 12.5. The maximum atomic E-state index is 12.4. The molecule has 2 aromatic carbocycles. The summed E-state index contributed by atoms with van der Waals surface area (Å²) in [5.41, 5.74) is 4.62. The van der Waals surface area contributed by atoms with Crippen LogP contribution in [-0.2, 0) is 6.42 Å². The smallest absolute Gasteiger partial charge is 0.321 e. The van der Waals surface area contributed by atoms with Gasteiger partial charge in [0.15, 0.2) is 0 Å². The van der Waals surface area contributed by atoms with Gasteiger partial charge in [-0.15, -0.1) is 0 Å². The standard InChI is InChI=1S/C18H20N2O/c1-13-6-5-8-15(12-13)19-18(21)20(2)17-11-10-14-7-3-4-9-16(14)17/h3-9,12,17H,10-11H2,1-2H3,(H,19,21). The van der Waals surface area contributed by atoms with Crippen LogP contribution in [0.3, 0.4) is 0 Å². The fourth-order valence-electron chi connectivity index (χ4n) is 3.01. The van der Waals surface area contributed by atoms with Gasteiger partial charge in [-0.2, -0.15) is 0 Å². The molecule has 0 spiro atoms. The number of fused-ring (bicyclic) bond motifs is 1. The zero-order chi connectivity index (χ0) is 14.8. The lowest BCUT2D eigenvalue weighted by atomic mass is 10.1. The summed E-state index contributed by atoms with van der Waals surface area (Å²) in [5.74, 6) is 0. The Morgan fingerprint density at radius 3 is 2.81 bits per heavy atom. The molecule has 3 nitrogen and oxygen atoms in total. The number of benzene rings is 2. The molecule has 1 aliphatic carbocycles. The summed E-state index contributed by atoms with van der Waals surface area (Å²) in [6, 6.07) is 16.4. The average molecular weight is 280 g/mol. The summed E-state index contributed by atoms with van der Waals surface area (Å²) in [5, 5.41) is 2.98. The number of amides is 2. The van der Waals surface area contributed by atoms with Gasteiger partial charge >= 0.3 is 6.03 Å². The third-order valence-electron chi connectivity index (χ3n) is 4.16. The maximum Gasteiger partial charge on any atom is 0.322 e. The van der Waals surface area contributed by atoms with Gasteiger partial charge in [0.05, 0.1) is 6.04 Å². The van der Waals surface area contributed by atoms with Crippen LogP contribution < -0.4 is 5.32 Å². The predicted molar refractivity (Wildman–Crippen MR) is 85.5 cm³/mol. The van der Waals surface area contributed by atoms with E-state index in [0.29, 0.717) is 0 Å². The van der Waals surface area contributed by atoms with Crippen LogP contribution in [-0.4, -0.2) is 18.0 Å². The summed E-state index contributed by atoms with van der Waals surface area (Å²) in [7, 11) is 1.87. The van der Waals surface area contributed by atoms with Gasteiger partial charge in [-0.25, -0.2) is 4.79 Å². The van der Waals surface area contributed by atoms with E-state index >= 15 is 0 Å². The van der Waals surface area contributed by atoms with Crippen LogP contribution in [0.1, 0.15) is 29.2 Å². The molecule has 0 saturated heterocycles. The lowest BCUT2D eigenvalue weighted by molar-refractivity contribution is 0.204. The Morgan fingerprint density at radius 2 is 2.00 bits per heavy atom. The van der Waals surface area contributed by atoms with Crippen LogP contribution in [0.2, 0.25) is 0 Å². The van der Waals surface area contributed by atoms with Crippen molar-refractivity contribution >= 4 is 11.7 Å². The monoisotopic (exact) mass is 280 g/mol. The van der Waals surface area contributed by atoms with Crippen molar-refractivity contribution in [2.45, 2.75) is 25.8 Å². The highest BCUT2D eigenvalue weighted by Crippen LogP contribution is 2.34. The molecule has 1 N–H and O–H groups in total. The lowest BCUT2D eigenvalue weighted by Crippen LogP contribution is -2.34. The first-order valence-corrected chi connectivity index (χ1v) is 7.33. The number of nitrogens with one attached hydrogen (secondary N) is 1. The molecule has 1 atom stereocenters. The van der Waals surface area contributed by atoms with E-state index in [1.165, 1.54) is 11.1 Å². The van der Waals surface area contributed by atoms with Gasteiger partial charge in [0.25, 0.3) is 0 Å². The summed E-state index contributed by atoms with van der Waals surface area (Å²) >= 11 is 0. The molecule has 3 heteroatoms. The second kappa shape index (κ2) is 5.60. The van der Waals surface area contributed by atoms with E-state index in [-0.39, 0.29) is 12.1 Å². The number of urea groups is 1. The molecular formula is C18H20N2O. The summed E-state index contributed by atoms with van der Waals surface area (Å²) in [6.07, 6.45) is 2.04. The molecule has 0 heterocycles. The van der Waals surface area contributed by atoms with Gasteiger partial charge in [-0.05, 0) is 48.6 Å². The molecule has 0 aliphatic heterocycles. The van der Waals surface area contributed by atoms with Gasteiger partial charge in [0, 0.05) is 12.7 Å². The van der Waals surface area contributed by atoms with E-state index in [1.807, 2.05) is 49.2 Å². The Labute approximate surface area is 125 Å². The van der Waals surface area contributed by atoms with Crippen molar-refractivity contribution in [2.75, 3.05) is 12.4 Å². The Morgan fingerprint density at radius 1 is 1.19 bits per heavy atom. The first-order valence-electron chi connectivity index (χ1n) is 7.33. The van der Waals surface area contributed by atoms with E-state index < -0.39 is 0 Å². The van der Waals surface area contributed by atoms with Crippen molar-refractivity contribution in [3.05, 3.63) is 65.2 Å². The van der Waals surface area contributed by atoms with Crippen LogP contribution in [0, 0.1) is 6.92 Å².